The predicted octanol–water partition coefficient (Wildman–Crippen LogP) is 1.23. The molecule has 0 aromatic carbocycles. The van der Waals surface area contributed by atoms with Crippen molar-refractivity contribution in [2.24, 2.45) is 11.8 Å². The van der Waals surface area contributed by atoms with E-state index in [4.69, 9.17) is 5.11 Å². The molecule has 0 unspecified atom stereocenters. The minimum atomic E-state index is -0.139. The van der Waals surface area contributed by atoms with Crippen LogP contribution >= 0.6 is 0 Å². The van der Waals surface area contributed by atoms with Crippen molar-refractivity contribution in [3.63, 3.8) is 0 Å². The summed E-state index contributed by atoms with van der Waals surface area (Å²) in [4.78, 5) is 11.5. The second-order valence-electron chi connectivity index (χ2n) is 6.01. The highest BCUT2D eigenvalue weighted by atomic mass is 16.3. The summed E-state index contributed by atoms with van der Waals surface area (Å²) in [5, 5.41) is 18.8. The molecule has 6 heteroatoms. The van der Waals surface area contributed by atoms with Gasteiger partial charge >= 0.3 is 0 Å². The molecule has 1 heterocycles. The van der Waals surface area contributed by atoms with E-state index in [0.29, 0.717) is 0 Å². The van der Waals surface area contributed by atoms with Crippen LogP contribution in [0.4, 0.5) is 5.69 Å². The summed E-state index contributed by atoms with van der Waals surface area (Å²) < 4.78 is 1.61. The van der Waals surface area contributed by atoms with Crippen molar-refractivity contribution < 1.29 is 9.90 Å². The molecule has 0 saturated heterocycles. The maximum atomic E-state index is 11.5. The number of aliphatic hydroxyl groups excluding tert-OH is 1. The first-order valence-corrected chi connectivity index (χ1v) is 7.81. The highest BCUT2D eigenvalue weighted by molar-refractivity contribution is 5.75. The van der Waals surface area contributed by atoms with Crippen LogP contribution < -0.4 is 10.6 Å². The van der Waals surface area contributed by atoms with Gasteiger partial charge in [-0.15, -0.1) is 0 Å². The lowest BCUT2D eigenvalue weighted by Gasteiger charge is -2.26. The Hall–Kier alpha value is -1.56. The van der Waals surface area contributed by atoms with Gasteiger partial charge in [-0.25, -0.2) is 0 Å². The zero-order valence-corrected chi connectivity index (χ0v) is 12.7. The van der Waals surface area contributed by atoms with Gasteiger partial charge in [0.05, 0.1) is 18.5 Å². The molecule has 1 aromatic heterocycles. The van der Waals surface area contributed by atoms with E-state index < -0.39 is 0 Å². The number of aromatic nitrogens is 2. The van der Waals surface area contributed by atoms with E-state index in [1.807, 2.05) is 6.20 Å². The number of nitrogens with zero attached hydrogens (tertiary/aromatic N) is 2. The molecule has 1 aromatic rings. The maximum Gasteiger partial charge on any atom is 0.241 e. The number of carbonyl (C=O) groups is 1. The summed E-state index contributed by atoms with van der Waals surface area (Å²) in [7, 11) is 0. The molecule has 1 fully saturated rings. The van der Waals surface area contributed by atoms with Crippen LogP contribution in [0.5, 0.6) is 0 Å². The fourth-order valence-electron chi connectivity index (χ4n) is 2.74. The molecule has 21 heavy (non-hydrogen) atoms. The van der Waals surface area contributed by atoms with Crippen molar-refractivity contribution in [3.8, 4) is 0 Å². The molecule has 1 saturated carbocycles. The van der Waals surface area contributed by atoms with Gasteiger partial charge in [-0.2, -0.15) is 5.10 Å². The molecule has 1 aliphatic carbocycles. The van der Waals surface area contributed by atoms with Gasteiger partial charge < -0.3 is 15.7 Å². The van der Waals surface area contributed by atoms with E-state index in [-0.39, 0.29) is 25.6 Å². The summed E-state index contributed by atoms with van der Waals surface area (Å²) in [6.45, 7) is 3.73. The molecule has 3 N–H and O–H groups in total. The van der Waals surface area contributed by atoms with Gasteiger partial charge in [-0.1, -0.05) is 19.8 Å². The van der Waals surface area contributed by atoms with Crippen molar-refractivity contribution in [2.45, 2.75) is 39.2 Å². The number of nitrogens with one attached hydrogen (secondary N) is 2. The predicted molar refractivity (Wildman–Crippen MR) is 81.9 cm³/mol. The minimum absolute atomic E-state index is 0.0440. The Morgan fingerprint density at radius 3 is 2.90 bits per heavy atom. The number of aliphatic hydroxyl groups is 1. The molecular weight excluding hydrogens is 268 g/mol. The third kappa shape index (κ3) is 5.38. The molecule has 1 aliphatic rings. The molecule has 6 nitrogen and oxygen atoms in total. The Morgan fingerprint density at radius 1 is 1.43 bits per heavy atom. The number of carbonyl (C=O) groups excluding carboxylic acids is 1. The largest absolute Gasteiger partial charge is 0.395 e. The van der Waals surface area contributed by atoms with Crippen LogP contribution in [0.15, 0.2) is 12.4 Å². The first-order valence-electron chi connectivity index (χ1n) is 7.81. The Labute approximate surface area is 125 Å². The Morgan fingerprint density at radius 2 is 2.19 bits per heavy atom. The lowest BCUT2D eigenvalue weighted by atomic mass is 9.83. The molecule has 0 spiro atoms. The van der Waals surface area contributed by atoms with Gasteiger partial charge in [0.25, 0.3) is 0 Å². The molecule has 0 bridgehead atoms. The standard InChI is InChI=1S/C15H26N4O2/c1-12-2-4-13(5-3-12)8-17-14-9-18-19(10-14)11-15(21)16-6-7-20/h9-10,12-13,17,20H,2-8,11H2,1H3,(H,16,21). The second-order valence-corrected chi connectivity index (χ2v) is 6.01. The molecular formula is C15H26N4O2. The zero-order chi connectivity index (χ0) is 15.1. The maximum absolute atomic E-state index is 11.5. The van der Waals surface area contributed by atoms with Gasteiger partial charge in [0.15, 0.2) is 0 Å². The van der Waals surface area contributed by atoms with Crippen LogP contribution in [0.1, 0.15) is 32.6 Å². The van der Waals surface area contributed by atoms with Crippen molar-refractivity contribution in [1.29, 1.82) is 0 Å². The quantitative estimate of drug-likeness (QED) is 0.707. The van der Waals surface area contributed by atoms with Crippen LogP contribution in [0.2, 0.25) is 0 Å². The van der Waals surface area contributed by atoms with Crippen molar-refractivity contribution in [2.75, 3.05) is 25.0 Å². The smallest absolute Gasteiger partial charge is 0.241 e. The topological polar surface area (TPSA) is 79.2 Å². The van der Waals surface area contributed by atoms with Crippen LogP contribution in [0, 0.1) is 11.8 Å². The van der Waals surface area contributed by atoms with Gasteiger partial charge in [0.1, 0.15) is 6.54 Å². The van der Waals surface area contributed by atoms with Crippen molar-refractivity contribution >= 4 is 11.6 Å². The molecule has 2 rings (SSSR count). The Bertz CT molecular complexity index is 439. The minimum Gasteiger partial charge on any atom is -0.395 e. The summed E-state index contributed by atoms with van der Waals surface area (Å²) in [6.07, 6.45) is 8.86. The third-order valence-electron chi connectivity index (χ3n) is 4.10. The molecule has 0 radical (unpaired) electrons. The third-order valence-corrected chi connectivity index (χ3v) is 4.10. The first kappa shape index (κ1) is 15.8. The first-order chi connectivity index (χ1) is 10.2. The van der Waals surface area contributed by atoms with Gasteiger partial charge in [-0.05, 0) is 24.7 Å². The number of hydrogen-bond acceptors (Lipinski definition) is 4. The van der Waals surface area contributed by atoms with E-state index in [1.165, 1.54) is 25.7 Å². The SMILES string of the molecule is CC1CCC(CNc2cnn(CC(=O)NCCO)c2)CC1. The summed E-state index contributed by atoms with van der Waals surface area (Å²) >= 11 is 0. The lowest BCUT2D eigenvalue weighted by Crippen LogP contribution is -2.30. The van der Waals surface area contributed by atoms with Crippen LogP contribution in [-0.2, 0) is 11.3 Å². The fraction of sp³-hybridized carbons (Fsp3) is 0.733. The lowest BCUT2D eigenvalue weighted by molar-refractivity contribution is -0.122. The average molecular weight is 294 g/mol. The van der Waals surface area contributed by atoms with E-state index in [2.05, 4.69) is 22.7 Å². The highest BCUT2D eigenvalue weighted by Gasteiger charge is 2.17. The summed E-state index contributed by atoms with van der Waals surface area (Å²) in [5.41, 5.74) is 0.962. The molecule has 118 valence electrons. The zero-order valence-electron chi connectivity index (χ0n) is 12.7. The average Bonchev–Trinajstić information content (AvgIpc) is 2.92. The fourth-order valence-corrected chi connectivity index (χ4v) is 2.74. The van der Waals surface area contributed by atoms with Crippen molar-refractivity contribution in [3.05, 3.63) is 12.4 Å². The summed E-state index contributed by atoms with van der Waals surface area (Å²) in [5.74, 6) is 1.49. The summed E-state index contributed by atoms with van der Waals surface area (Å²) in [6, 6.07) is 0. The number of hydrogen-bond donors (Lipinski definition) is 3. The van der Waals surface area contributed by atoms with Gasteiger partial charge in [-0.3, -0.25) is 9.48 Å². The van der Waals surface area contributed by atoms with E-state index in [1.54, 1.807) is 10.9 Å². The number of anilines is 1. The van der Waals surface area contributed by atoms with E-state index in [0.717, 1.165) is 24.1 Å². The van der Waals surface area contributed by atoms with Crippen LogP contribution in [-0.4, -0.2) is 40.5 Å². The monoisotopic (exact) mass is 294 g/mol. The number of rotatable bonds is 7. The van der Waals surface area contributed by atoms with E-state index in [9.17, 15) is 4.79 Å². The Balaban J connectivity index is 1.71. The van der Waals surface area contributed by atoms with E-state index >= 15 is 0 Å². The van der Waals surface area contributed by atoms with Crippen LogP contribution in [0.3, 0.4) is 0 Å². The molecule has 0 atom stereocenters. The van der Waals surface area contributed by atoms with Crippen molar-refractivity contribution in [1.82, 2.24) is 15.1 Å². The van der Waals surface area contributed by atoms with Crippen LogP contribution in [0.25, 0.3) is 0 Å². The second kappa shape index (κ2) is 8.02. The Kier molecular flexibility index (Phi) is 6.04. The van der Waals surface area contributed by atoms with Gasteiger partial charge in [0.2, 0.25) is 5.91 Å². The number of amides is 1. The van der Waals surface area contributed by atoms with Gasteiger partial charge in [0, 0.05) is 19.3 Å². The normalized spacial score (nSPS) is 22.0. The highest BCUT2D eigenvalue weighted by Crippen LogP contribution is 2.28. The molecule has 1 amide bonds. The molecule has 0 aliphatic heterocycles.